The van der Waals surface area contributed by atoms with Crippen molar-refractivity contribution in [2.24, 2.45) is 4.99 Å². The summed E-state index contributed by atoms with van der Waals surface area (Å²) in [6, 6.07) is 7.20. The second kappa shape index (κ2) is 7.97. The van der Waals surface area contributed by atoms with Gasteiger partial charge in [0.1, 0.15) is 17.4 Å². The molecule has 2 saturated heterocycles. The van der Waals surface area contributed by atoms with E-state index in [1.54, 1.807) is 6.92 Å². The molecule has 0 saturated carbocycles. The summed E-state index contributed by atoms with van der Waals surface area (Å²) in [5, 5.41) is 2.74. The van der Waals surface area contributed by atoms with Gasteiger partial charge >= 0.3 is 6.61 Å². The van der Waals surface area contributed by atoms with Crippen LogP contribution in [0.1, 0.15) is 36.4 Å². The van der Waals surface area contributed by atoms with E-state index in [2.05, 4.69) is 15.0 Å². The molecule has 0 aromatic heterocycles. The number of nitrogens with one attached hydrogen (secondary N) is 1. The number of halogens is 4. The van der Waals surface area contributed by atoms with Crippen molar-refractivity contribution < 1.29 is 27.1 Å². The normalized spacial score (nSPS) is 22.4. The molecule has 0 aliphatic carbocycles. The quantitative estimate of drug-likeness (QED) is 0.735. The van der Waals surface area contributed by atoms with E-state index in [1.165, 1.54) is 30.3 Å². The van der Waals surface area contributed by atoms with Crippen molar-refractivity contribution >= 4 is 17.6 Å². The standard InChI is InChI=1S/C21H19F4N3O2/c1-11-6-16(30-20(24)25)3-4-17(11)26-21-27-19(29)10-15-2-5-18(28(15)21)12-7-13(22)9-14(23)8-12/h3-4,6-9,15,18,20H,2,5,10H2,1H3,(H,26,27,29). The molecule has 30 heavy (non-hydrogen) atoms. The molecule has 158 valence electrons. The van der Waals surface area contributed by atoms with Crippen molar-refractivity contribution in [2.75, 3.05) is 0 Å². The molecule has 2 heterocycles. The third kappa shape index (κ3) is 4.10. The maximum absolute atomic E-state index is 13.8. The maximum Gasteiger partial charge on any atom is 0.387 e. The number of benzene rings is 2. The summed E-state index contributed by atoms with van der Waals surface area (Å²) in [6.07, 6.45) is 1.55. The Morgan fingerprint density at radius 3 is 2.53 bits per heavy atom. The minimum atomic E-state index is -2.93. The lowest BCUT2D eigenvalue weighted by Gasteiger charge is -2.37. The lowest BCUT2D eigenvalue weighted by molar-refractivity contribution is -0.121. The third-order valence-corrected chi connectivity index (χ3v) is 5.31. The molecule has 4 rings (SSSR count). The van der Waals surface area contributed by atoms with E-state index in [9.17, 15) is 22.4 Å². The zero-order valence-corrected chi connectivity index (χ0v) is 16.0. The number of nitrogens with zero attached hydrogens (tertiary/aromatic N) is 2. The number of hydrogen-bond acceptors (Lipinski definition) is 3. The predicted octanol–water partition coefficient (Wildman–Crippen LogP) is 4.59. The van der Waals surface area contributed by atoms with Crippen molar-refractivity contribution in [3.05, 3.63) is 59.2 Å². The molecule has 2 fully saturated rings. The number of ether oxygens (including phenoxy) is 1. The Hall–Kier alpha value is -3.10. The average molecular weight is 421 g/mol. The zero-order chi connectivity index (χ0) is 21.4. The highest BCUT2D eigenvalue weighted by Crippen LogP contribution is 2.40. The van der Waals surface area contributed by atoms with Gasteiger partial charge in [-0.3, -0.25) is 10.1 Å². The lowest BCUT2D eigenvalue weighted by Crippen LogP contribution is -2.53. The topological polar surface area (TPSA) is 53.9 Å². The number of guanidine groups is 1. The highest BCUT2D eigenvalue weighted by molar-refractivity contribution is 6.01. The number of amides is 1. The number of fused-ring (bicyclic) bond motifs is 1. The Balaban J connectivity index is 1.69. The van der Waals surface area contributed by atoms with E-state index in [0.717, 1.165) is 6.07 Å². The molecular weight excluding hydrogens is 402 g/mol. The largest absolute Gasteiger partial charge is 0.435 e. The second-order valence-corrected chi connectivity index (χ2v) is 7.37. The van der Waals surface area contributed by atoms with E-state index in [0.29, 0.717) is 29.7 Å². The molecule has 1 amide bonds. The van der Waals surface area contributed by atoms with Gasteiger partial charge in [0.05, 0.1) is 11.7 Å². The highest BCUT2D eigenvalue weighted by atomic mass is 19.3. The highest BCUT2D eigenvalue weighted by Gasteiger charge is 2.41. The van der Waals surface area contributed by atoms with Gasteiger partial charge in [-0.25, -0.2) is 13.8 Å². The van der Waals surface area contributed by atoms with Gasteiger partial charge in [-0.05, 0) is 61.2 Å². The summed E-state index contributed by atoms with van der Waals surface area (Å²) in [7, 11) is 0. The van der Waals surface area contributed by atoms with Crippen molar-refractivity contribution in [3.8, 4) is 5.75 Å². The number of rotatable bonds is 4. The third-order valence-electron chi connectivity index (χ3n) is 5.31. The first-order valence-electron chi connectivity index (χ1n) is 9.48. The van der Waals surface area contributed by atoms with Crippen LogP contribution in [0, 0.1) is 18.6 Å². The molecule has 9 heteroatoms. The van der Waals surface area contributed by atoms with Crippen LogP contribution < -0.4 is 10.1 Å². The smallest absolute Gasteiger partial charge is 0.387 e. The number of carbonyl (C=O) groups is 1. The number of aryl methyl sites for hydroxylation is 1. The van der Waals surface area contributed by atoms with Gasteiger partial charge in [-0.1, -0.05) is 0 Å². The number of hydrogen-bond donors (Lipinski definition) is 1. The van der Waals surface area contributed by atoms with Gasteiger partial charge in [0.15, 0.2) is 0 Å². The average Bonchev–Trinajstić information content (AvgIpc) is 3.06. The minimum Gasteiger partial charge on any atom is -0.435 e. The molecule has 2 unspecified atom stereocenters. The summed E-state index contributed by atoms with van der Waals surface area (Å²) < 4.78 is 56.8. The fourth-order valence-corrected chi connectivity index (χ4v) is 4.08. The van der Waals surface area contributed by atoms with Crippen LogP contribution in [0.2, 0.25) is 0 Å². The van der Waals surface area contributed by atoms with Crippen LogP contribution >= 0.6 is 0 Å². The van der Waals surface area contributed by atoms with Gasteiger partial charge in [-0.2, -0.15) is 8.78 Å². The Morgan fingerprint density at radius 2 is 1.87 bits per heavy atom. The van der Waals surface area contributed by atoms with E-state index >= 15 is 0 Å². The molecule has 2 atom stereocenters. The van der Waals surface area contributed by atoms with Gasteiger partial charge in [0, 0.05) is 18.5 Å². The summed E-state index contributed by atoms with van der Waals surface area (Å²) in [5.41, 5.74) is 1.50. The molecule has 2 aromatic carbocycles. The van der Waals surface area contributed by atoms with Gasteiger partial charge in [0.25, 0.3) is 0 Å². The van der Waals surface area contributed by atoms with Gasteiger partial charge < -0.3 is 9.64 Å². The molecule has 0 radical (unpaired) electrons. The van der Waals surface area contributed by atoms with Crippen LogP contribution in [-0.4, -0.2) is 29.4 Å². The number of alkyl halides is 2. The Kier molecular flexibility index (Phi) is 5.36. The molecular formula is C21H19F4N3O2. The summed E-state index contributed by atoms with van der Waals surface area (Å²) in [6.45, 7) is -1.25. The molecule has 0 bridgehead atoms. The molecule has 2 aromatic rings. The Bertz CT molecular complexity index is 991. The SMILES string of the molecule is Cc1cc(OC(F)F)ccc1N=C1NC(=O)CC2CCC(c3cc(F)cc(F)c3)N12. The van der Waals surface area contributed by atoms with Gasteiger partial charge in [-0.15, -0.1) is 0 Å². The van der Waals surface area contributed by atoms with Crippen molar-refractivity contribution in [1.29, 1.82) is 0 Å². The fraction of sp³-hybridized carbons (Fsp3) is 0.333. The van der Waals surface area contributed by atoms with E-state index < -0.39 is 18.2 Å². The number of aliphatic imine (C=N–C) groups is 1. The van der Waals surface area contributed by atoms with E-state index in [1.807, 2.05) is 4.90 Å². The Morgan fingerprint density at radius 1 is 1.13 bits per heavy atom. The van der Waals surface area contributed by atoms with Crippen LogP contribution in [-0.2, 0) is 4.79 Å². The van der Waals surface area contributed by atoms with Crippen LogP contribution in [0.4, 0.5) is 23.2 Å². The van der Waals surface area contributed by atoms with Crippen LogP contribution in [0.25, 0.3) is 0 Å². The summed E-state index contributed by atoms with van der Waals surface area (Å²) in [5.74, 6) is -1.26. The molecule has 2 aliphatic heterocycles. The fourth-order valence-electron chi connectivity index (χ4n) is 4.08. The molecule has 0 spiro atoms. The van der Waals surface area contributed by atoms with E-state index in [-0.39, 0.29) is 36.1 Å². The summed E-state index contributed by atoms with van der Waals surface area (Å²) >= 11 is 0. The van der Waals surface area contributed by atoms with Gasteiger partial charge in [0.2, 0.25) is 11.9 Å². The van der Waals surface area contributed by atoms with Crippen LogP contribution in [0.15, 0.2) is 41.4 Å². The van der Waals surface area contributed by atoms with E-state index in [4.69, 9.17) is 0 Å². The minimum absolute atomic E-state index is 0.00583. The lowest BCUT2D eigenvalue weighted by atomic mass is 10.0. The zero-order valence-electron chi connectivity index (χ0n) is 16.0. The number of carbonyl (C=O) groups excluding carboxylic acids is 1. The monoisotopic (exact) mass is 421 g/mol. The first-order valence-corrected chi connectivity index (χ1v) is 9.48. The van der Waals surface area contributed by atoms with Crippen LogP contribution in [0.3, 0.4) is 0 Å². The molecule has 5 nitrogen and oxygen atoms in total. The van der Waals surface area contributed by atoms with Crippen molar-refractivity contribution in [1.82, 2.24) is 10.2 Å². The van der Waals surface area contributed by atoms with Crippen LogP contribution in [0.5, 0.6) is 5.75 Å². The van der Waals surface area contributed by atoms with Crippen molar-refractivity contribution in [3.63, 3.8) is 0 Å². The predicted molar refractivity (Wildman–Crippen MR) is 102 cm³/mol. The molecule has 1 N–H and O–H groups in total. The second-order valence-electron chi connectivity index (χ2n) is 7.37. The Labute approximate surface area is 170 Å². The van der Waals surface area contributed by atoms with Crippen molar-refractivity contribution in [2.45, 2.75) is 44.9 Å². The first kappa shape index (κ1) is 20.2. The maximum atomic E-state index is 13.8. The molecule has 2 aliphatic rings. The summed E-state index contributed by atoms with van der Waals surface area (Å²) in [4.78, 5) is 18.6. The first-order chi connectivity index (χ1) is 14.3.